The number of rotatable bonds is 7. The summed E-state index contributed by atoms with van der Waals surface area (Å²) in [6, 6.07) is 20.2. The summed E-state index contributed by atoms with van der Waals surface area (Å²) in [6.07, 6.45) is 0. The van der Waals surface area contributed by atoms with Gasteiger partial charge in [0.15, 0.2) is 17.3 Å². The molecule has 0 bridgehead atoms. The molecular weight excluding hydrogens is 550 g/mol. The average molecular weight is 576 g/mol. The maximum Gasteiger partial charge on any atom is 0.255 e. The predicted octanol–water partition coefficient (Wildman–Crippen LogP) is 5.66. The molecule has 1 atom stereocenters. The maximum atomic E-state index is 13.6. The van der Waals surface area contributed by atoms with Crippen LogP contribution in [0, 0.1) is 0 Å². The fourth-order valence-corrected chi connectivity index (χ4v) is 4.72. The largest absolute Gasteiger partial charge is 0.493 e. The molecule has 4 aromatic rings. The van der Waals surface area contributed by atoms with Crippen molar-refractivity contribution in [2.75, 3.05) is 32.0 Å². The predicted molar refractivity (Wildman–Crippen MR) is 149 cm³/mol. The Kier molecular flexibility index (Phi) is 7.06. The molecule has 1 aromatic heterocycles. The lowest BCUT2D eigenvalue weighted by Gasteiger charge is -2.28. The van der Waals surface area contributed by atoms with Crippen molar-refractivity contribution in [2.24, 2.45) is 0 Å². The highest BCUT2D eigenvalue weighted by molar-refractivity contribution is 9.10. The summed E-state index contributed by atoms with van der Waals surface area (Å²) in [7, 11) is 4.67. The fraction of sp³-hybridized carbons (Fsp3) is 0.179. The molecule has 0 aliphatic carbocycles. The van der Waals surface area contributed by atoms with Crippen LogP contribution in [0.25, 0.3) is 11.4 Å². The Balaban J connectivity index is 1.62. The van der Waals surface area contributed by atoms with Gasteiger partial charge in [0.1, 0.15) is 6.04 Å². The first-order valence-corrected chi connectivity index (χ1v) is 12.6. The van der Waals surface area contributed by atoms with Crippen LogP contribution in [-0.4, -0.2) is 42.0 Å². The second-order valence-corrected chi connectivity index (χ2v) is 9.47. The second kappa shape index (κ2) is 10.6. The lowest BCUT2D eigenvalue weighted by atomic mass is 9.95. The molecular formula is C28H26BrN5O4. The van der Waals surface area contributed by atoms with Gasteiger partial charge in [-0.05, 0) is 48.9 Å². The molecule has 5 rings (SSSR count). The lowest BCUT2D eigenvalue weighted by Crippen LogP contribution is -2.31. The van der Waals surface area contributed by atoms with Crippen molar-refractivity contribution in [3.8, 4) is 28.6 Å². The van der Waals surface area contributed by atoms with Crippen LogP contribution in [0.1, 0.15) is 18.5 Å². The number of hydrogen-bond acceptors (Lipinski definition) is 7. The number of aromatic nitrogens is 3. The zero-order chi connectivity index (χ0) is 26.8. The molecule has 0 fully saturated rings. The number of anilines is 2. The monoisotopic (exact) mass is 575 g/mol. The van der Waals surface area contributed by atoms with Gasteiger partial charge in [-0.25, -0.2) is 4.68 Å². The van der Waals surface area contributed by atoms with E-state index in [4.69, 9.17) is 24.3 Å². The quantitative estimate of drug-likeness (QED) is 0.293. The van der Waals surface area contributed by atoms with Gasteiger partial charge in [-0.3, -0.25) is 4.79 Å². The topological polar surface area (TPSA) is 99.5 Å². The Morgan fingerprint density at radius 3 is 2.24 bits per heavy atom. The maximum absolute atomic E-state index is 13.6. The standard InChI is InChI=1S/C28H26BrN5O4/c1-16-23(27(35)31-20-8-6-5-7-9-20)24(17-10-12-19(29)13-11-17)34-28(30-16)32-26(33-34)18-14-21(36-2)25(38-4)22(15-18)37-3/h5-15,24H,1-4H3,(H,31,35)(H,30,32,33). The molecule has 2 heterocycles. The highest BCUT2D eigenvalue weighted by atomic mass is 79.9. The summed E-state index contributed by atoms with van der Waals surface area (Å²) < 4.78 is 19.2. The number of carbonyl (C=O) groups is 1. The van der Waals surface area contributed by atoms with Gasteiger partial charge in [-0.2, -0.15) is 4.98 Å². The van der Waals surface area contributed by atoms with E-state index in [9.17, 15) is 4.79 Å². The van der Waals surface area contributed by atoms with E-state index in [1.807, 2.05) is 61.5 Å². The normalized spacial score (nSPS) is 14.4. The van der Waals surface area contributed by atoms with Crippen LogP contribution in [0.5, 0.6) is 17.2 Å². The van der Waals surface area contributed by atoms with Crippen molar-refractivity contribution < 1.29 is 19.0 Å². The van der Waals surface area contributed by atoms with E-state index in [2.05, 4.69) is 26.6 Å². The Bertz CT molecular complexity index is 1490. The molecule has 38 heavy (non-hydrogen) atoms. The third-order valence-electron chi connectivity index (χ3n) is 6.24. The second-order valence-electron chi connectivity index (χ2n) is 8.56. The number of benzene rings is 3. The number of allylic oxidation sites excluding steroid dienone is 1. The molecule has 3 aromatic carbocycles. The molecule has 2 N–H and O–H groups in total. The summed E-state index contributed by atoms with van der Waals surface area (Å²) in [5, 5.41) is 11.1. The smallest absolute Gasteiger partial charge is 0.255 e. The van der Waals surface area contributed by atoms with E-state index in [1.165, 1.54) is 0 Å². The molecule has 0 saturated carbocycles. The van der Waals surface area contributed by atoms with Crippen molar-refractivity contribution in [1.29, 1.82) is 0 Å². The number of amides is 1. The van der Waals surface area contributed by atoms with Gasteiger partial charge in [0, 0.05) is 21.4 Å². The van der Waals surface area contributed by atoms with Crippen LogP contribution < -0.4 is 24.8 Å². The number of ether oxygens (including phenoxy) is 3. The van der Waals surface area contributed by atoms with E-state index >= 15 is 0 Å². The average Bonchev–Trinajstić information content (AvgIpc) is 3.36. The van der Waals surface area contributed by atoms with Crippen molar-refractivity contribution in [3.63, 3.8) is 0 Å². The molecule has 0 radical (unpaired) electrons. The summed E-state index contributed by atoms with van der Waals surface area (Å²) in [5.74, 6) is 2.17. The summed E-state index contributed by atoms with van der Waals surface area (Å²) in [4.78, 5) is 18.4. The Morgan fingerprint density at radius 2 is 1.63 bits per heavy atom. The van der Waals surface area contributed by atoms with E-state index < -0.39 is 6.04 Å². The number of fused-ring (bicyclic) bond motifs is 1. The zero-order valence-corrected chi connectivity index (χ0v) is 22.9. The number of para-hydroxylation sites is 1. The molecule has 9 nitrogen and oxygen atoms in total. The highest BCUT2D eigenvalue weighted by Crippen LogP contribution is 2.42. The third kappa shape index (κ3) is 4.70. The summed E-state index contributed by atoms with van der Waals surface area (Å²) >= 11 is 3.50. The first kappa shape index (κ1) is 25.3. The van der Waals surface area contributed by atoms with Crippen molar-refractivity contribution in [2.45, 2.75) is 13.0 Å². The molecule has 1 aliphatic heterocycles. The van der Waals surface area contributed by atoms with E-state index in [-0.39, 0.29) is 5.91 Å². The first-order valence-electron chi connectivity index (χ1n) is 11.8. The SMILES string of the molecule is COc1cc(-c2nc3n(n2)C(c2ccc(Br)cc2)C(C(=O)Nc2ccccc2)=C(C)N3)cc(OC)c1OC. The fourth-order valence-electron chi connectivity index (χ4n) is 4.45. The molecule has 1 unspecified atom stereocenters. The van der Waals surface area contributed by atoms with Crippen molar-refractivity contribution >= 4 is 33.5 Å². The van der Waals surface area contributed by atoms with Gasteiger partial charge in [0.05, 0.1) is 26.9 Å². The zero-order valence-electron chi connectivity index (χ0n) is 21.3. The van der Waals surface area contributed by atoms with Crippen LogP contribution in [0.15, 0.2) is 82.5 Å². The van der Waals surface area contributed by atoms with Crippen molar-refractivity contribution in [3.05, 3.63) is 88.0 Å². The Labute approximate surface area is 228 Å². The van der Waals surface area contributed by atoms with E-state index in [0.29, 0.717) is 51.5 Å². The van der Waals surface area contributed by atoms with Crippen LogP contribution in [0.2, 0.25) is 0 Å². The van der Waals surface area contributed by atoms with Crippen LogP contribution in [-0.2, 0) is 4.79 Å². The molecule has 10 heteroatoms. The lowest BCUT2D eigenvalue weighted by molar-refractivity contribution is -0.113. The van der Waals surface area contributed by atoms with Gasteiger partial charge < -0.3 is 24.8 Å². The summed E-state index contributed by atoms with van der Waals surface area (Å²) in [5.41, 5.74) is 3.48. The van der Waals surface area contributed by atoms with Gasteiger partial charge in [-0.1, -0.05) is 46.3 Å². The number of carbonyl (C=O) groups excluding carboxylic acids is 1. The molecule has 1 aliphatic rings. The number of hydrogen-bond donors (Lipinski definition) is 2. The van der Waals surface area contributed by atoms with Gasteiger partial charge >= 0.3 is 0 Å². The van der Waals surface area contributed by atoms with Gasteiger partial charge in [0.2, 0.25) is 11.7 Å². The minimum absolute atomic E-state index is 0.232. The minimum atomic E-state index is -0.522. The van der Waals surface area contributed by atoms with Gasteiger partial charge in [-0.15, -0.1) is 5.10 Å². The van der Waals surface area contributed by atoms with Crippen LogP contribution >= 0.6 is 15.9 Å². The van der Waals surface area contributed by atoms with Gasteiger partial charge in [0.25, 0.3) is 5.91 Å². The third-order valence-corrected chi connectivity index (χ3v) is 6.77. The molecule has 0 saturated heterocycles. The van der Waals surface area contributed by atoms with Crippen molar-refractivity contribution in [1.82, 2.24) is 14.8 Å². The molecule has 194 valence electrons. The molecule has 0 spiro atoms. The number of nitrogens with zero attached hydrogens (tertiary/aromatic N) is 3. The molecule has 1 amide bonds. The summed E-state index contributed by atoms with van der Waals surface area (Å²) in [6.45, 7) is 1.86. The van der Waals surface area contributed by atoms with Crippen LogP contribution in [0.4, 0.5) is 11.6 Å². The highest BCUT2D eigenvalue weighted by Gasteiger charge is 2.34. The minimum Gasteiger partial charge on any atom is -0.493 e. The number of nitrogens with one attached hydrogen (secondary N) is 2. The Morgan fingerprint density at radius 1 is 0.974 bits per heavy atom. The van der Waals surface area contributed by atoms with E-state index in [1.54, 1.807) is 38.1 Å². The number of methoxy groups -OCH3 is 3. The first-order chi connectivity index (χ1) is 18.4. The van der Waals surface area contributed by atoms with Crippen LogP contribution in [0.3, 0.4) is 0 Å². The Hall–Kier alpha value is -4.31. The van der Waals surface area contributed by atoms with E-state index in [0.717, 1.165) is 10.0 Å². The number of halogens is 1.